The molecule has 27 heavy (non-hydrogen) atoms. The molecule has 0 spiro atoms. The molecule has 136 valence electrons. The van der Waals surface area contributed by atoms with Crippen molar-refractivity contribution in [3.63, 3.8) is 0 Å². The fraction of sp³-hybridized carbons (Fsp3) is 0.182. The maximum Gasteiger partial charge on any atom is 0.143 e. The third-order valence-corrected chi connectivity index (χ3v) is 4.91. The third kappa shape index (κ3) is 3.12. The molecule has 2 aromatic carbocycles. The van der Waals surface area contributed by atoms with E-state index in [0.717, 1.165) is 58.4 Å². The summed E-state index contributed by atoms with van der Waals surface area (Å²) < 4.78 is 2.06. The van der Waals surface area contributed by atoms with Gasteiger partial charge in [-0.2, -0.15) is 0 Å². The van der Waals surface area contributed by atoms with Gasteiger partial charge in [0.1, 0.15) is 17.3 Å². The van der Waals surface area contributed by atoms with E-state index in [1.54, 1.807) is 0 Å². The Bertz CT molecular complexity index is 1040. The molecular weight excluding hydrogens is 334 g/mol. The molecule has 4 N–H and O–H groups in total. The Kier molecular flexibility index (Phi) is 4.28. The van der Waals surface area contributed by atoms with E-state index < -0.39 is 0 Å². The lowest BCUT2D eigenvalue weighted by Gasteiger charge is -2.12. The second kappa shape index (κ2) is 6.76. The largest absolute Gasteiger partial charge is 0.399 e. The molecule has 0 unspecified atom stereocenters. The lowest BCUT2D eigenvalue weighted by atomic mass is 10.1. The quantitative estimate of drug-likeness (QED) is 0.576. The molecule has 1 aromatic heterocycles. The van der Waals surface area contributed by atoms with Gasteiger partial charge in [0.15, 0.2) is 0 Å². The number of fused-ring (bicyclic) bond motifs is 1. The Balaban J connectivity index is 1.79. The molecule has 0 fully saturated rings. The smallest absolute Gasteiger partial charge is 0.143 e. The Morgan fingerprint density at radius 2 is 1.93 bits per heavy atom. The number of hydrogen-bond donors (Lipinski definition) is 3. The molecule has 0 aliphatic heterocycles. The molecule has 1 aliphatic carbocycles. The maximum atomic E-state index is 8.02. The van der Waals surface area contributed by atoms with Crippen molar-refractivity contribution in [2.45, 2.75) is 26.7 Å². The number of hydrogen-bond acceptors (Lipinski definition) is 4. The van der Waals surface area contributed by atoms with E-state index in [1.807, 2.05) is 62.5 Å². The van der Waals surface area contributed by atoms with E-state index in [-0.39, 0.29) is 0 Å². The summed E-state index contributed by atoms with van der Waals surface area (Å²) in [6, 6.07) is 14.0. The fourth-order valence-corrected chi connectivity index (χ4v) is 3.54. The van der Waals surface area contributed by atoms with Crippen LogP contribution in [0.2, 0.25) is 0 Å². The zero-order valence-corrected chi connectivity index (χ0v) is 15.6. The summed E-state index contributed by atoms with van der Waals surface area (Å²) in [6.45, 7) is 3.99. The van der Waals surface area contributed by atoms with Crippen LogP contribution in [0.1, 0.15) is 30.3 Å². The van der Waals surface area contributed by atoms with Gasteiger partial charge >= 0.3 is 0 Å². The highest BCUT2D eigenvalue weighted by Gasteiger charge is 2.19. The maximum absolute atomic E-state index is 8.02. The van der Waals surface area contributed by atoms with Crippen molar-refractivity contribution >= 4 is 29.1 Å². The third-order valence-electron chi connectivity index (χ3n) is 4.91. The van der Waals surface area contributed by atoms with Gasteiger partial charge in [0.25, 0.3) is 0 Å². The highest BCUT2D eigenvalue weighted by molar-refractivity contribution is 6.02. The summed E-state index contributed by atoms with van der Waals surface area (Å²) in [5.74, 6) is 1.83. The fourth-order valence-electron chi connectivity index (χ4n) is 3.54. The van der Waals surface area contributed by atoms with Crippen molar-refractivity contribution in [1.29, 1.82) is 5.41 Å². The predicted molar refractivity (Wildman–Crippen MR) is 113 cm³/mol. The number of allylic oxidation sites excluding steroid dienone is 1. The number of anilines is 3. The average molecular weight is 357 g/mol. The number of rotatable bonds is 4. The van der Waals surface area contributed by atoms with E-state index in [2.05, 4.69) is 16.0 Å². The Morgan fingerprint density at radius 3 is 2.67 bits per heavy atom. The topological polar surface area (TPSA) is 79.7 Å². The molecule has 0 amide bonds. The van der Waals surface area contributed by atoms with Crippen molar-refractivity contribution < 1.29 is 0 Å². The number of aromatic nitrogens is 2. The summed E-state index contributed by atoms with van der Waals surface area (Å²) in [4.78, 5) is 4.78. The molecule has 0 bridgehead atoms. The Labute approximate surface area is 159 Å². The summed E-state index contributed by atoms with van der Waals surface area (Å²) in [7, 11) is 0. The van der Waals surface area contributed by atoms with Crippen LogP contribution >= 0.6 is 0 Å². The van der Waals surface area contributed by atoms with E-state index in [4.69, 9.17) is 16.1 Å². The van der Waals surface area contributed by atoms with Gasteiger partial charge in [0, 0.05) is 28.8 Å². The van der Waals surface area contributed by atoms with Crippen molar-refractivity contribution in [3.05, 3.63) is 65.5 Å². The molecule has 0 saturated heterocycles. The van der Waals surface area contributed by atoms with E-state index in [1.165, 1.54) is 5.56 Å². The van der Waals surface area contributed by atoms with Crippen LogP contribution in [0, 0.1) is 12.3 Å². The number of nitrogens with two attached hydrogens (primary N) is 1. The standard InChI is InChI=1S/C22H23N5/c1-3-12-27-14(2)25-21(15-4-7-17(23)8-5-15)22(27)26-18-9-10-19-16(13-18)6-11-20(19)24/h3-5,7-10,12-13,24,26H,6,11,23H2,1-2H3/b12-3-,24-20?. The minimum Gasteiger partial charge on any atom is -0.399 e. The zero-order chi connectivity index (χ0) is 19.0. The summed E-state index contributed by atoms with van der Waals surface area (Å²) >= 11 is 0. The second-order valence-electron chi connectivity index (χ2n) is 6.81. The molecule has 0 radical (unpaired) electrons. The first-order valence-corrected chi connectivity index (χ1v) is 9.12. The van der Waals surface area contributed by atoms with Gasteiger partial charge in [-0.25, -0.2) is 4.98 Å². The Hall–Kier alpha value is -3.34. The Morgan fingerprint density at radius 1 is 1.15 bits per heavy atom. The number of imidazole rings is 1. The van der Waals surface area contributed by atoms with Gasteiger partial charge in [-0.15, -0.1) is 0 Å². The minimum absolute atomic E-state index is 0.730. The van der Waals surface area contributed by atoms with Crippen molar-refractivity contribution in [1.82, 2.24) is 9.55 Å². The molecule has 5 heteroatoms. The van der Waals surface area contributed by atoms with Crippen LogP contribution in [-0.4, -0.2) is 15.3 Å². The molecule has 1 aliphatic rings. The van der Waals surface area contributed by atoms with Gasteiger partial charge < -0.3 is 16.5 Å². The summed E-state index contributed by atoms with van der Waals surface area (Å²) in [5.41, 5.74) is 12.5. The predicted octanol–water partition coefficient (Wildman–Crippen LogP) is 4.99. The molecule has 0 atom stereocenters. The normalized spacial score (nSPS) is 13.3. The van der Waals surface area contributed by atoms with Crippen molar-refractivity contribution in [2.24, 2.45) is 0 Å². The van der Waals surface area contributed by atoms with Crippen molar-refractivity contribution in [3.8, 4) is 11.3 Å². The van der Waals surface area contributed by atoms with Crippen LogP contribution in [-0.2, 0) is 6.42 Å². The molecule has 3 aromatic rings. The second-order valence-corrected chi connectivity index (χ2v) is 6.81. The van der Waals surface area contributed by atoms with Gasteiger partial charge in [-0.1, -0.05) is 24.3 Å². The molecule has 4 rings (SSSR count). The van der Waals surface area contributed by atoms with Crippen LogP contribution in [0.15, 0.2) is 48.5 Å². The number of nitrogens with one attached hydrogen (secondary N) is 2. The highest BCUT2D eigenvalue weighted by atomic mass is 15.2. The summed E-state index contributed by atoms with van der Waals surface area (Å²) in [6.07, 6.45) is 5.76. The monoisotopic (exact) mass is 357 g/mol. The average Bonchev–Trinajstić information content (AvgIpc) is 3.17. The first-order chi connectivity index (χ1) is 13.1. The number of aryl methyl sites for hydroxylation is 2. The van der Waals surface area contributed by atoms with Crippen LogP contribution in [0.3, 0.4) is 0 Å². The number of nitrogen functional groups attached to an aromatic ring is 1. The molecule has 5 nitrogen and oxygen atoms in total. The first-order valence-electron chi connectivity index (χ1n) is 9.12. The zero-order valence-electron chi connectivity index (χ0n) is 15.6. The number of benzene rings is 2. The van der Waals surface area contributed by atoms with Crippen LogP contribution in [0.25, 0.3) is 17.5 Å². The van der Waals surface area contributed by atoms with E-state index in [0.29, 0.717) is 0 Å². The van der Waals surface area contributed by atoms with Crippen LogP contribution in [0.4, 0.5) is 17.2 Å². The van der Waals surface area contributed by atoms with E-state index in [9.17, 15) is 0 Å². The van der Waals surface area contributed by atoms with Gasteiger partial charge in [-0.3, -0.25) is 4.57 Å². The number of nitrogens with zero attached hydrogens (tertiary/aromatic N) is 2. The lowest BCUT2D eigenvalue weighted by molar-refractivity contribution is 1.03. The summed E-state index contributed by atoms with van der Waals surface area (Å²) in [5, 5.41) is 11.6. The van der Waals surface area contributed by atoms with Gasteiger partial charge in [0.2, 0.25) is 0 Å². The van der Waals surface area contributed by atoms with Crippen molar-refractivity contribution in [2.75, 3.05) is 11.1 Å². The van der Waals surface area contributed by atoms with Crippen LogP contribution < -0.4 is 11.1 Å². The van der Waals surface area contributed by atoms with Gasteiger partial charge in [-0.05, 0) is 62.1 Å². The first kappa shape index (κ1) is 17.1. The SMILES string of the molecule is C/C=C\n1c(C)nc(-c2ccc(N)cc2)c1Nc1ccc2c(c1)CCC2=N. The highest BCUT2D eigenvalue weighted by Crippen LogP contribution is 2.33. The molecule has 0 saturated carbocycles. The van der Waals surface area contributed by atoms with E-state index >= 15 is 0 Å². The van der Waals surface area contributed by atoms with Gasteiger partial charge in [0.05, 0.1) is 0 Å². The molecule has 1 heterocycles. The van der Waals surface area contributed by atoms with Crippen LogP contribution in [0.5, 0.6) is 0 Å². The lowest BCUT2D eigenvalue weighted by Crippen LogP contribution is -2.00. The molecular formula is C22H23N5. The minimum atomic E-state index is 0.730.